The van der Waals surface area contributed by atoms with Gasteiger partial charge in [0.15, 0.2) is 0 Å². The molecule has 0 bridgehead atoms. The summed E-state index contributed by atoms with van der Waals surface area (Å²) in [5.74, 6) is 0.0693. The summed E-state index contributed by atoms with van der Waals surface area (Å²) in [5, 5.41) is 0.675. The maximum atomic E-state index is 12.4. The molecule has 18 heavy (non-hydrogen) atoms. The summed E-state index contributed by atoms with van der Waals surface area (Å²) in [7, 11) is 1.95. The van der Waals surface area contributed by atoms with Crippen LogP contribution in [0, 0.1) is 0 Å². The maximum absolute atomic E-state index is 12.4. The third-order valence-electron chi connectivity index (χ3n) is 3.34. The van der Waals surface area contributed by atoms with Gasteiger partial charge in [0.25, 0.3) is 0 Å². The highest BCUT2D eigenvalue weighted by Crippen LogP contribution is 2.21. The van der Waals surface area contributed by atoms with Crippen molar-refractivity contribution in [2.45, 2.75) is 12.5 Å². The van der Waals surface area contributed by atoms with Gasteiger partial charge < -0.3 is 10.6 Å². The number of likely N-dealkylation sites (N-methyl/N-ethyl adjacent to an activating group) is 1. The summed E-state index contributed by atoms with van der Waals surface area (Å²) < 4.78 is 0. The molecule has 1 fully saturated rings. The summed E-state index contributed by atoms with van der Waals surface area (Å²) in [6.45, 7) is 1.96. The van der Waals surface area contributed by atoms with Crippen LogP contribution in [0.15, 0.2) is 24.3 Å². The number of carbonyl (C=O) groups is 1. The predicted molar refractivity (Wildman–Crippen MR) is 73.9 cm³/mol. The molecule has 0 aromatic heterocycles. The Labute approximate surface area is 112 Å². The number of benzene rings is 1. The van der Waals surface area contributed by atoms with Gasteiger partial charge in [-0.1, -0.05) is 11.6 Å². The standard InChI is InChI=1S/C13H18ClN3O/c1-16-7-2-8-17(13(18)12(16)9-15)11-5-3-10(14)4-6-11/h3-6,12H,2,7-9,15H2,1H3. The topological polar surface area (TPSA) is 49.6 Å². The van der Waals surface area contributed by atoms with Crippen LogP contribution in [0.1, 0.15) is 6.42 Å². The van der Waals surface area contributed by atoms with E-state index in [1.54, 1.807) is 17.0 Å². The second kappa shape index (κ2) is 5.69. The van der Waals surface area contributed by atoms with Crippen LogP contribution in [-0.2, 0) is 4.79 Å². The normalized spacial score (nSPS) is 22.1. The van der Waals surface area contributed by atoms with Gasteiger partial charge in [-0.2, -0.15) is 0 Å². The van der Waals surface area contributed by atoms with Crippen molar-refractivity contribution in [2.75, 3.05) is 31.6 Å². The zero-order valence-corrected chi connectivity index (χ0v) is 11.2. The molecule has 2 rings (SSSR count). The van der Waals surface area contributed by atoms with Gasteiger partial charge in [0, 0.05) is 30.3 Å². The largest absolute Gasteiger partial charge is 0.328 e. The first kappa shape index (κ1) is 13.3. The lowest BCUT2D eigenvalue weighted by Crippen LogP contribution is -2.48. The number of nitrogens with two attached hydrogens (primary N) is 1. The van der Waals surface area contributed by atoms with E-state index in [0.29, 0.717) is 11.6 Å². The second-order valence-corrected chi connectivity index (χ2v) is 4.99. The van der Waals surface area contributed by atoms with Gasteiger partial charge in [0.1, 0.15) is 6.04 Å². The Morgan fingerprint density at radius 3 is 2.61 bits per heavy atom. The van der Waals surface area contributed by atoms with E-state index in [0.717, 1.165) is 25.2 Å². The number of hydrogen-bond acceptors (Lipinski definition) is 3. The average molecular weight is 268 g/mol. The lowest BCUT2D eigenvalue weighted by Gasteiger charge is -2.27. The van der Waals surface area contributed by atoms with Gasteiger partial charge in [0.05, 0.1) is 0 Å². The number of halogens is 1. The van der Waals surface area contributed by atoms with E-state index in [2.05, 4.69) is 0 Å². The van der Waals surface area contributed by atoms with Crippen molar-refractivity contribution in [2.24, 2.45) is 5.73 Å². The third kappa shape index (κ3) is 2.66. The predicted octanol–water partition coefficient (Wildman–Crippen LogP) is 1.34. The number of carbonyl (C=O) groups excluding carboxylic acids is 1. The van der Waals surface area contributed by atoms with Crippen LogP contribution in [0.25, 0.3) is 0 Å². The number of amides is 1. The van der Waals surface area contributed by atoms with Gasteiger partial charge in [-0.15, -0.1) is 0 Å². The Morgan fingerprint density at radius 1 is 1.33 bits per heavy atom. The Bertz CT molecular complexity index is 421. The Morgan fingerprint density at radius 2 is 2.00 bits per heavy atom. The average Bonchev–Trinajstić information content (AvgIpc) is 2.49. The van der Waals surface area contributed by atoms with E-state index < -0.39 is 0 Å². The molecule has 1 aromatic rings. The molecule has 0 saturated carbocycles. The van der Waals surface area contributed by atoms with E-state index in [4.69, 9.17) is 17.3 Å². The lowest BCUT2D eigenvalue weighted by atomic mass is 10.2. The lowest BCUT2D eigenvalue weighted by molar-refractivity contribution is -0.122. The van der Waals surface area contributed by atoms with E-state index in [1.165, 1.54) is 0 Å². The Hall–Kier alpha value is -1.10. The van der Waals surface area contributed by atoms with Crippen molar-refractivity contribution in [3.63, 3.8) is 0 Å². The fourth-order valence-corrected chi connectivity index (χ4v) is 2.40. The zero-order chi connectivity index (χ0) is 13.1. The minimum Gasteiger partial charge on any atom is -0.328 e. The molecule has 1 aromatic carbocycles. The molecule has 1 aliphatic heterocycles. The molecule has 0 radical (unpaired) electrons. The molecule has 1 heterocycles. The molecule has 0 spiro atoms. The van der Waals surface area contributed by atoms with Gasteiger partial charge >= 0.3 is 0 Å². The summed E-state index contributed by atoms with van der Waals surface area (Å²) in [6, 6.07) is 7.12. The van der Waals surface area contributed by atoms with Crippen LogP contribution >= 0.6 is 11.6 Å². The van der Waals surface area contributed by atoms with Crippen LogP contribution in [0.4, 0.5) is 5.69 Å². The highest BCUT2D eigenvalue weighted by atomic mass is 35.5. The van der Waals surface area contributed by atoms with Crippen molar-refractivity contribution < 1.29 is 4.79 Å². The molecule has 0 aliphatic carbocycles. The third-order valence-corrected chi connectivity index (χ3v) is 3.59. The first-order chi connectivity index (χ1) is 8.63. The van der Waals surface area contributed by atoms with Crippen LogP contribution < -0.4 is 10.6 Å². The Balaban J connectivity index is 2.26. The van der Waals surface area contributed by atoms with Gasteiger partial charge in [-0.3, -0.25) is 9.69 Å². The number of nitrogens with zero attached hydrogens (tertiary/aromatic N) is 2. The van der Waals surface area contributed by atoms with Crippen molar-refractivity contribution in [3.8, 4) is 0 Å². The van der Waals surface area contributed by atoms with Crippen molar-refractivity contribution in [3.05, 3.63) is 29.3 Å². The summed E-state index contributed by atoms with van der Waals surface area (Å²) in [5.41, 5.74) is 6.59. The van der Waals surface area contributed by atoms with Gasteiger partial charge in [0.2, 0.25) is 5.91 Å². The fourth-order valence-electron chi connectivity index (χ4n) is 2.27. The van der Waals surface area contributed by atoms with Crippen LogP contribution in [-0.4, -0.2) is 43.5 Å². The van der Waals surface area contributed by atoms with Crippen molar-refractivity contribution >= 4 is 23.2 Å². The molecule has 2 N–H and O–H groups in total. The monoisotopic (exact) mass is 267 g/mol. The summed E-state index contributed by atoms with van der Waals surface area (Å²) in [6.07, 6.45) is 0.946. The highest BCUT2D eigenvalue weighted by Gasteiger charge is 2.30. The van der Waals surface area contributed by atoms with E-state index >= 15 is 0 Å². The minimum absolute atomic E-state index is 0.0693. The zero-order valence-electron chi connectivity index (χ0n) is 10.5. The van der Waals surface area contributed by atoms with E-state index in [-0.39, 0.29) is 11.9 Å². The minimum atomic E-state index is -0.233. The molecule has 1 atom stereocenters. The quantitative estimate of drug-likeness (QED) is 0.880. The molecule has 98 valence electrons. The second-order valence-electron chi connectivity index (χ2n) is 4.55. The molecule has 1 amide bonds. The summed E-state index contributed by atoms with van der Waals surface area (Å²) >= 11 is 5.87. The number of anilines is 1. The Kier molecular flexibility index (Phi) is 4.22. The number of hydrogen-bond donors (Lipinski definition) is 1. The van der Waals surface area contributed by atoms with Gasteiger partial charge in [-0.05, 0) is 37.7 Å². The molecular weight excluding hydrogens is 250 g/mol. The molecule has 1 saturated heterocycles. The maximum Gasteiger partial charge on any atom is 0.245 e. The first-order valence-corrected chi connectivity index (χ1v) is 6.48. The molecule has 1 unspecified atom stereocenters. The van der Waals surface area contributed by atoms with E-state index in [9.17, 15) is 4.79 Å². The first-order valence-electron chi connectivity index (χ1n) is 6.10. The number of rotatable bonds is 2. The fraction of sp³-hybridized carbons (Fsp3) is 0.462. The van der Waals surface area contributed by atoms with Crippen LogP contribution in [0.3, 0.4) is 0 Å². The van der Waals surface area contributed by atoms with Crippen LogP contribution in [0.2, 0.25) is 5.02 Å². The van der Waals surface area contributed by atoms with Crippen LogP contribution in [0.5, 0.6) is 0 Å². The van der Waals surface area contributed by atoms with Gasteiger partial charge in [-0.25, -0.2) is 0 Å². The molecular formula is C13H18ClN3O. The smallest absolute Gasteiger partial charge is 0.245 e. The highest BCUT2D eigenvalue weighted by molar-refractivity contribution is 6.30. The SMILES string of the molecule is CN1CCCN(c2ccc(Cl)cc2)C(=O)C1CN. The van der Waals surface area contributed by atoms with Crippen molar-refractivity contribution in [1.82, 2.24) is 4.90 Å². The molecule has 1 aliphatic rings. The molecule has 4 nitrogen and oxygen atoms in total. The summed E-state index contributed by atoms with van der Waals surface area (Å²) in [4.78, 5) is 16.3. The van der Waals surface area contributed by atoms with E-state index in [1.807, 2.05) is 24.1 Å². The molecule has 5 heteroatoms. The van der Waals surface area contributed by atoms with Crippen molar-refractivity contribution in [1.29, 1.82) is 0 Å².